The van der Waals surface area contributed by atoms with E-state index in [9.17, 15) is 4.79 Å². The maximum Gasteiger partial charge on any atom is 0.410 e. The van der Waals surface area contributed by atoms with Crippen molar-refractivity contribution in [2.45, 2.75) is 38.2 Å². The number of carbonyl (C=O) groups excluding carboxylic acids is 1. The van der Waals surface area contributed by atoms with Crippen molar-refractivity contribution in [2.75, 3.05) is 26.3 Å². The van der Waals surface area contributed by atoms with E-state index >= 15 is 0 Å². The monoisotopic (exact) mass is 237 g/mol. The minimum atomic E-state index is -0.152. The Labute approximate surface area is 102 Å². The van der Waals surface area contributed by atoms with E-state index in [0.717, 1.165) is 32.4 Å². The number of hydrogen-bond donors (Lipinski definition) is 0. The third-order valence-electron chi connectivity index (χ3n) is 3.78. The SMILES string of the molecule is O=C(OC1CCOC1)N1CCC(=C2CC2)CC1. The molecule has 1 unspecified atom stereocenters. The molecule has 1 saturated carbocycles. The third-order valence-corrected chi connectivity index (χ3v) is 3.78. The number of hydrogen-bond acceptors (Lipinski definition) is 3. The second-order valence-electron chi connectivity index (χ2n) is 5.06. The fourth-order valence-corrected chi connectivity index (χ4v) is 2.55. The Morgan fingerprint density at radius 3 is 2.47 bits per heavy atom. The molecule has 2 heterocycles. The molecule has 4 heteroatoms. The van der Waals surface area contributed by atoms with Gasteiger partial charge in [-0.15, -0.1) is 0 Å². The van der Waals surface area contributed by atoms with Crippen molar-refractivity contribution >= 4 is 6.09 Å². The fraction of sp³-hybridized carbons (Fsp3) is 0.769. The first-order valence-electron chi connectivity index (χ1n) is 6.56. The zero-order valence-corrected chi connectivity index (χ0v) is 10.1. The number of rotatable bonds is 1. The lowest BCUT2D eigenvalue weighted by molar-refractivity contribution is 0.0529. The standard InChI is InChI=1S/C13H19NO3/c15-13(17-12-5-8-16-9-12)14-6-3-11(4-7-14)10-1-2-10/h12H,1-9H2. The van der Waals surface area contributed by atoms with Crippen LogP contribution in [0.3, 0.4) is 0 Å². The number of allylic oxidation sites excluding steroid dienone is 1. The first-order valence-corrected chi connectivity index (χ1v) is 6.56. The Kier molecular flexibility index (Phi) is 3.05. The number of carbonyl (C=O) groups is 1. The number of ether oxygens (including phenoxy) is 2. The molecule has 0 bridgehead atoms. The zero-order valence-electron chi connectivity index (χ0n) is 10.1. The molecule has 1 aliphatic carbocycles. The van der Waals surface area contributed by atoms with E-state index in [0.29, 0.717) is 13.2 Å². The van der Waals surface area contributed by atoms with Gasteiger partial charge in [0.25, 0.3) is 0 Å². The topological polar surface area (TPSA) is 38.8 Å². The maximum atomic E-state index is 11.9. The molecule has 3 fully saturated rings. The molecule has 0 aromatic heterocycles. The highest BCUT2D eigenvalue weighted by molar-refractivity contribution is 5.68. The van der Waals surface area contributed by atoms with Crippen molar-refractivity contribution in [3.8, 4) is 0 Å². The maximum absolute atomic E-state index is 11.9. The van der Waals surface area contributed by atoms with Crippen LogP contribution in [0.15, 0.2) is 11.1 Å². The summed E-state index contributed by atoms with van der Waals surface area (Å²) in [6.45, 7) is 2.93. The first kappa shape index (κ1) is 11.1. The molecule has 2 saturated heterocycles. The predicted octanol–water partition coefficient (Wildman–Crippen LogP) is 2.10. The molecule has 4 nitrogen and oxygen atoms in total. The van der Waals surface area contributed by atoms with Gasteiger partial charge in [0, 0.05) is 19.5 Å². The quantitative estimate of drug-likeness (QED) is 0.655. The van der Waals surface area contributed by atoms with Gasteiger partial charge in [-0.2, -0.15) is 0 Å². The molecule has 0 aromatic carbocycles. The molecule has 94 valence electrons. The van der Waals surface area contributed by atoms with Gasteiger partial charge in [-0.1, -0.05) is 11.1 Å². The molecule has 1 amide bonds. The average molecular weight is 237 g/mol. The molecule has 1 atom stereocenters. The summed E-state index contributed by atoms with van der Waals surface area (Å²) in [5.74, 6) is 0. The number of amides is 1. The summed E-state index contributed by atoms with van der Waals surface area (Å²) in [7, 11) is 0. The van der Waals surface area contributed by atoms with Crippen LogP contribution in [0, 0.1) is 0 Å². The van der Waals surface area contributed by atoms with E-state index < -0.39 is 0 Å². The Balaban J connectivity index is 1.48. The average Bonchev–Trinajstić information content (AvgIpc) is 3.09. The van der Waals surface area contributed by atoms with Crippen molar-refractivity contribution in [3.05, 3.63) is 11.1 Å². The second-order valence-corrected chi connectivity index (χ2v) is 5.06. The molecule has 3 aliphatic rings. The zero-order chi connectivity index (χ0) is 11.7. The van der Waals surface area contributed by atoms with Crippen LogP contribution in [-0.4, -0.2) is 43.4 Å². The van der Waals surface area contributed by atoms with Crippen LogP contribution in [0.25, 0.3) is 0 Å². The molecule has 0 N–H and O–H groups in total. The largest absolute Gasteiger partial charge is 0.444 e. The molecular weight excluding hydrogens is 218 g/mol. The van der Waals surface area contributed by atoms with Gasteiger partial charge in [0.05, 0.1) is 13.2 Å². The van der Waals surface area contributed by atoms with Crippen LogP contribution in [0.4, 0.5) is 4.79 Å². The van der Waals surface area contributed by atoms with Crippen LogP contribution >= 0.6 is 0 Å². The smallest absolute Gasteiger partial charge is 0.410 e. The minimum Gasteiger partial charge on any atom is -0.444 e. The molecular formula is C13H19NO3. The molecule has 3 rings (SSSR count). The summed E-state index contributed by atoms with van der Waals surface area (Å²) in [5, 5.41) is 0. The highest BCUT2D eigenvalue weighted by Crippen LogP contribution is 2.36. The lowest BCUT2D eigenvalue weighted by Crippen LogP contribution is -2.38. The summed E-state index contributed by atoms with van der Waals surface area (Å²) in [6.07, 6.45) is 5.34. The second kappa shape index (κ2) is 4.69. The lowest BCUT2D eigenvalue weighted by atomic mass is 10.0. The summed E-state index contributed by atoms with van der Waals surface area (Å²) >= 11 is 0. The Morgan fingerprint density at radius 1 is 1.18 bits per heavy atom. The van der Waals surface area contributed by atoms with Crippen molar-refractivity contribution in [1.82, 2.24) is 4.90 Å². The van der Waals surface area contributed by atoms with Crippen LogP contribution in [0.1, 0.15) is 32.1 Å². The van der Waals surface area contributed by atoms with E-state index in [1.807, 2.05) is 4.90 Å². The van der Waals surface area contributed by atoms with Crippen molar-refractivity contribution in [2.24, 2.45) is 0 Å². The minimum absolute atomic E-state index is 0.0225. The predicted molar refractivity (Wildman–Crippen MR) is 62.8 cm³/mol. The normalized spacial score (nSPS) is 28.5. The van der Waals surface area contributed by atoms with Gasteiger partial charge < -0.3 is 14.4 Å². The number of nitrogens with zero attached hydrogens (tertiary/aromatic N) is 1. The van der Waals surface area contributed by atoms with Gasteiger partial charge >= 0.3 is 6.09 Å². The van der Waals surface area contributed by atoms with Gasteiger partial charge in [-0.05, 0) is 25.7 Å². The number of likely N-dealkylation sites (tertiary alicyclic amines) is 1. The summed E-state index contributed by atoms with van der Waals surface area (Å²) in [6, 6.07) is 0. The van der Waals surface area contributed by atoms with Crippen LogP contribution in [-0.2, 0) is 9.47 Å². The van der Waals surface area contributed by atoms with Crippen LogP contribution < -0.4 is 0 Å². The van der Waals surface area contributed by atoms with E-state index in [1.165, 1.54) is 12.8 Å². The van der Waals surface area contributed by atoms with E-state index in [2.05, 4.69) is 0 Å². The molecule has 0 aromatic rings. The summed E-state index contributed by atoms with van der Waals surface area (Å²) < 4.78 is 10.6. The Hall–Kier alpha value is -1.03. The summed E-state index contributed by atoms with van der Waals surface area (Å²) in [4.78, 5) is 13.7. The van der Waals surface area contributed by atoms with E-state index in [1.54, 1.807) is 11.1 Å². The van der Waals surface area contributed by atoms with Crippen molar-refractivity contribution < 1.29 is 14.3 Å². The van der Waals surface area contributed by atoms with Gasteiger partial charge in [0.15, 0.2) is 0 Å². The molecule has 0 spiro atoms. The lowest BCUT2D eigenvalue weighted by Gasteiger charge is -2.28. The van der Waals surface area contributed by atoms with Gasteiger partial charge in [-0.25, -0.2) is 4.79 Å². The Bertz CT molecular complexity index is 329. The fourth-order valence-electron chi connectivity index (χ4n) is 2.55. The highest BCUT2D eigenvalue weighted by Gasteiger charge is 2.27. The molecule has 17 heavy (non-hydrogen) atoms. The van der Waals surface area contributed by atoms with Crippen molar-refractivity contribution in [1.29, 1.82) is 0 Å². The highest BCUT2D eigenvalue weighted by atomic mass is 16.6. The van der Waals surface area contributed by atoms with Crippen molar-refractivity contribution in [3.63, 3.8) is 0 Å². The molecule has 0 radical (unpaired) electrons. The number of piperidine rings is 1. The van der Waals surface area contributed by atoms with Gasteiger partial charge in [-0.3, -0.25) is 0 Å². The van der Waals surface area contributed by atoms with Crippen LogP contribution in [0.5, 0.6) is 0 Å². The van der Waals surface area contributed by atoms with E-state index in [-0.39, 0.29) is 12.2 Å². The van der Waals surface area contributed by atoms with Gasteiger partial charge in [0.2, 0.25) is 0 Å². The van der Waals surface area contributed by atoms with E-state index in [4.69, 9.17) is 9.47 Å². The third kappa shape index (κ3) is 2.63. The van der Waals surface area contributed by atoms with Gasteiger partial charge in [0.1, 0.15) is 6.10 Å². The Morgan fingerprint density at radius 2 is 1.88 bits per heavy atom. The summed E-state index contributed by atoms with van der Waals surface area (Å²) in [5.41, 5.74) is 3.24. The first-order chi connectivity index (χ1) is 8.33. The molecule has 2 aliphatic heterocycles. The van der Waals surface area contributed by atoms with Crippen LogP contribution in [0.2, 0.25) is 0 Å².